The summed E-state index contributed by atoms with van der Waals surface area (Å²) in [4.78, 5) is 35.5. The van der Waals surface area contributed by atoms with Gasteiger partial charge >= 0.3 is 18.0 Å². The summed E-state index contributed by atoms with van der Waals surface area (Å²) < 4.78 is 4.78. The lowest BCUT2D eigenvalue weighted by molar-refractivity contribution is -0.147. The molecule has 0 saturated carbocycles. The van der Waals surface area contributed by atoms with Gasteiger partial charge in [0.15, 0.2) is 0 Å². The van der Waals surface area contributed by atoms with E-state index in [0.29, 0.717) is 32.5 Å². The van der Waals surface area contributed by atoms with Gasteiger partial charge in [0, 0.05) is 26.1 Å². The molecule has 7 heteroatoms. The molecule has 20 heavy (non-hydrogen) atoms. The third kappa shape index (κ3) is 4.40. The van der Waals surface area contributed by atoms with E-state index < -0.39 is 11.4 Å². The fourth-order valence-corrected chi connectivity index (χ4v) is 2.08. The Morgan fingerprint density at radius 1 is 1.40 bits per heavy atom. The number of rotatable bonds is 6. The first-order chi connectivity index (χ1) is 9.39. The van der Waals surface area contributed by atoms with Crippen molar-refractivity contribution >= 4 is 18.0 Å². The molecule has 2 amide bonds. The van der Waals surface area contributed by atoms with Crippen LogP contribution in [0, 0.1) is 5.41 Å². The van der Waals surface area contributed by atoms with Crippen LogP contribution in [0.25, 0.3) is 0 Å². The summed E-state index contributed by atoms with van der Waals surface area (Å²) in [6, 6.07) is -0.279. The Bertz CT molecular complexity index is 385. The van der Waals surface area contributed by atoms with E-state index >= 15 is 0 Å². The van der Waals surface area contributed by atoms with Crippen molar-refractivity contribution in [2.24, 2.45) is 5.41 Å². The molecular formula is C13H22N2O5. The van der Waals surface area contributed by atoms with Crippen LogP contribution in [0.15, 0.2) is 0 Å². The molecule has 0 aromatic heterocycles. The lowest BCUT2D eigenvalue weighted by atomic mass is 9.90. The van der Waals surface area contributed by atoms with E-state index in [0.717, 1.165) is 0 Å². The van der Waals surface area contributed by atoms with Crippen LogP contribution in [0.2, 0.25) is 0 Å². The van der Waals surface area contributed by atoms with Gasteiger partial charge in [0.05, 0.1) is 12.0 Å². The van der Waals surface area contributed by atoms with Crippen LogP contribution in [0.3, 0.4) is 0 Å². The summed E-state index contributed by atoms with van der Waals surface area (Å²) in [6.45, 7) is 4.76. The van der Waals surface area contributed by atoms with E-state index in [9.17, 15) is 14.4 Å². The molecule has 0 aromatic rings. The Hall–Kier alpha value is -1.79. The molecule has 1 unspecified atom stereocenters. The largest absolute Gasteiger partial charge is 0.481 e. The van der Waals surface area contributed by atoms with Crippen LogP contribution in [0.4, 0.5) is 4.79 Å². The average Bonchev–Trinajstić information content (AvgIpc) is 2.79. The number of hydrogen-bond donors (Lipinski definition) is 2. The summed E-state index contributed by atoms with van der Waals surface area (Å²) in [5, 5.41) is 11.8. The van der Waals surface area contributed by atoms with E-state index in [1.54, 1.807) is 13.8 Å². The van der Waals surface area contributed by atoms with Gasteiger partial charge in [0.2, 0.25) is 0 Å². The van der Waals surface area contributed by atoms with Gasteiger partial charge < -0.3 is 20.1 Å². The predicted octanol–water partition coefficient (Wildman–Crippen LogP) is 0.836. The van der Waals surface area contributed by atoms with E-state index in [4.69, 9.17) is 9.84 Å². The third-order valence-electron chi connectivity index (χ3n) is 3.42. The maximum absolute atomic E-state index is 11.8. The summed E-state index contributed by atoms with van der Waals surface area (Å²) in [5.41, 5.74) is -0.859. The molecular weight excluding hydrogens is 264 g/mol. The number of hydrogen-bond acceptors (Lipinski definition) is 4. The summed E-state index contributed by atoms with van der Waals surface area (Å²) in [6.07, 6.45) is 1.23. The summed E-state index contributed by atoms with van der Waals surface area (Å²) in [7, 11) is 0. The molecule has 1 aliphatic heterocycles. The normalized spacial score (nSPS) is 21.6. The minimum absolute atomic E-state index is 0.214. The highest BCUT2D eigenvalue weighted by Gasteiger charge is 2.42. The second-order valence-electron chi connectivity index (χ2n) is 5.18. The number of carbonyl (C=O) groups excluding carboxylic acids is 2. The zero-order valence-electron chi connectivity index (χ0n) is 12.0. The van der Waals surface area contributed by atoms with Crippen LogP contribution in [0.5, 0.6) is 0 Å². The molecule has 2 N–H and O–H groups in total. The number of ether oxygens (including phenoxy) is 1. The number of amides is 2. The maximum Gasteiger partial charge on any atom is 0.317 e. The van der Waals surface area contributed by atoms with Gasteiger partial charge in [-0.15, -0.1) is 0 Å². The Morgan fingerprint density at radius 2 is 2.10 bits per heavy atom. The summed E-state index contributed by atoms with van der Waals surface area (Å²) >= 11 is 0. The highest BCUT2D eigenvalue weighted by molar-refractivity contribution is 5.79. The number of carboxylic acid groups (broad SMARTS) is 1. The second-order valence-corrected chi connectivity index (χ2v) is 5.18. The molecule has 0 radical (unpaired) electrons. The number of nitrogens with zero attached hydrogens (tertiary/aromatic N) is 1. The minimum Gasteiger partial charge on any atom is -0.481 e. The molecule has 1 heterocycles. The molecule has 0 aliphatic carbocycles. The first kappa shape index (κ1) is 16.3. The quantitative estimate of drug-likeness (QED) is 0.557. The van der Waals surface area contributed by atoms with Crippen molar-refractivity contribution in [2.45, 2.75) is 33.1 Å². The molecule has 1 fully saturated rings. The lowest BCUT2D eigenvalue weighted by Gasteiger charge is -2.20. The monoisotopic (exact) mass is 286 g/mol. The molecule has 1 atom stereocenters. The number of carboxylic acids is 1. The van der Waals surface area contributed by atoms with Crippen LogP contribution < -0.4 is 5.32 Å². The number of carbonyl (C=O) groups is 3. The standard InChI is InChI=1S/C13H22N2O5/c1-3-20-10(16)5-4-7-14-12(19)15-8-6-13(2,9-15)11(17)18/h3-9H2,1-2H3,(H,14,19)(H,17,18). The van der Waals surface area contributed by atoms with Crippen LogP contribution in [0.1, 0.15) is 33.1 Å². The van der Waals surface area contributed by atoms with Gasteiger partial charge in [-0.05, 0) is 26.7 Å². The number of likely N-dealkylation sites (tertiary alicyclic amines) is 1. The van der Waals surface area contributed by atoms with E-state index in [-0.39, 0.29) is 25.0 Å². The van der Waals surface area contributed by atoms with E-state index in [1.165, 1.54) is 4.90 Å². The molecule has 114 valence electrons. The number of urea groups is 1. The Morgan fingerprint density at radius 3 is 2.65 bits per heavy atom. The van der Waals surface area contributed by atoms with E-state index in [2.05, 4.69) is 5.32 Å². The Balaban J connectivity index is 2.24. The van der Waals surface area contributed by atoms with Crippen LogP contribution >= 0.6 is 0 Å². The van der Waals surface area contributed by atoms with Crippen molar-refractivity contribution in [3.63, 3.8) is 0 Å². The van der Waals surface area contributed by atoms with Crippen molar-refractivity contribution in [2.75, 3.05) is 26.2 Å². The molecule has 1 saturated heterocycles. The number of esters is 1. The second kappa shape index (κ2) is 7.12. The molecule has 1 aliphatic rings. The van der Waals surface area contributed by atoms with Crippen molar-refractivity contribution in [3.05, 3.63) is 0 Å². The van der Waals surface area contributed by atoms with Crippen molar-refractivity contribution in [1.82, 2.24) is 10.2 Å². The van der Waals surface area contributed by atoms with Crippen LogP contribution in [-0.2, 0) is 14.3 Å². The molecule has 7 nitrogen and oxygen atoms in total. The SMILES string of the molecule is CCOC(=O)CCCNC(=O)N1CCC(C)(C(=O)O)C1. The number of aliphatic carboxylic acids is 1. The van der Waals surface area contributed by atoms with Gasteiger partial charge in [-0.3, -0.25) is 9.59 Å². The van der Waals surface area contributed by atoms with Crippen molar-refractivity contribution in [1.29, 1.82) is 0 Å². The predicted molar refractivity (Wildman–Crippen MR) is 71.2 cm³/mol. The van der Waals surface area contributed by atoms with Gasteiger partial charge in [-0.25, -0.2) is 4.79 Å². The first-order valence-electron chi connectivity index (χ1n) is 6.81. The van der Waals surface area contributed by atoms with Crippen molar-refractivity contribution < 1.29 is 24.2 Å². The molecule has 1 rings (SSSR count). The fraction of sp³-hybridized carbons (Fsp3) is 0.769. The highest BCUT2D eigenvalue weighted by Crippen LogP contribution is 2.29. The Labute approximate surface area is 118 Å². The zero-order valence-corrected chi connectivity index (χ0v) is 12.0. The lowest BCUT2D eigenvalue weighted by Crippen LogP contribution is -2.41. The molecule has 0 bridgehead atoms. The third-order valence-corrected chi connectivity index (χ3v) is 3.42. The minimum atomic E-state index is -0.880. The van der Waals surface area contributed by atoms with Crippen molar-refractivity contribution in [3.8, 4) is 0 Å². The maximum atomic E-state index is 11.8. The Kier molecular flexibility index (Phi) is 5.79. The number of nitrogens with one attached hydrogen (secondary N) is 1. The molecule has 0 spiro atoms. The zero-order chi connectivity index (χ0) is 15.2. The van der Waals surface area contributed by atoms with Gasteiger partial charge in [-0.1, -0.05) is 0 Å². The fourth-order valence-electron chi connectivity index (χ4n) is 2.08. The topological polar surface area (TPSA) is 95.9 Å². The highest BCUT2D eigenvalue weighted by atomic mass is 16.5. The van der Waals surface area contributed by atoms with Gasteiger partial charge in [-0.2, -0.15) is 0 Å². The van der Waals surface area contributed by atoms with Crippen LogP contribution in [-0.4, -0.2) is 54.2 Å². The van der Waals surface area contributed by atoms with Gasteiger partial charge in [0.25, 0.3) is 0 Å². The van der Waals surface area contributed by atoms with E-state index in [1.807, 2.05) is 0 Å². The smallest absolute Gasteiger partial charge is 0.317 e. The first-order valence-corrected chi connectivity index (χ1v) is 6.81. The van der Waals surface area contributed by atoms with Gasteiger partial charge in [0.1, 0.15) is 0 Å². The molecule has 0 aromatic carbocycles. The average molecular weight is 286 g/mol. The summed E-state index contributed by atoms with van der Waals surface area (Å²) in [5.74, 6) is -1.16.